The van der Waals surface area contributed by atoms with E-state index in [1.807, 2.05) is 19.9 Å². The lowest BCUT2D eigenvalue weighted by Crippen LogP contribution is -2.20. The van der Waals surface area contributed by atoms with Gasteiger partial charge < -0.3 is 0 Å². The van der Waals surface area contributed by atoms with Gasteiger partial charge in [0.15, 0.2) is 0 Å². The molecule has 17 heavy (non-hydrogen) atoms. The molecule has 0 aliphatic carbocycles. The van der Waals surface area contributed by atoms with Gasteiger partial charge in [-0.3, -0.25) is 10.0 Å². The van der Waals surface area contributed by atoms with Gasteiger partial charge in [0, 0.05) is 10.4 Å². The van der Waals surface area contributed by atoms with E-state index >= 15 is 0 Å². The fourth-order valence-corrected chi connectivity index (χ4v) is 1.90. The number of fused-ring (bicyclic) bond motifs is 1. The van der Waals surface area contributed by atoms with Crippen LogP contribution in [0.5, 0.6) is 0 Å². The molecule has 0 fully saturated rings. The van der Waals surface area contributed by atoms with Crippen LogP contribution in [0.15, 0.2) is 18.2 Å². The summed E-state index contributed by atoms with van der Waals surface area (Å²) in [6.45, 7) is 3.73. The largest absolute Gasteiger partial charge is 0.293 e. The molecule has 1 amide bonds. The van der Waals surface area contributed by atoms with Crippen molar-refractivity contribution in [2.24, 2.45) is 0 Å². The van der Waals surface area contributed by atoms with Crippen molar-refractivity contribution >= 4 is 28.4 Å². The first-order valence-electron chi connectivity index (χ1n) is 5.05. The zero-order valence-electron chi connectivity index (χ0n) is 9.41. The topological polar surface area (TPSA) is 62.2 Å². The molecule has 1 heterocycles. The van der Waals surface area contributed by atoms with Crippen LogP contribution in [-0.4, -0.2) is 16.1 Å². The van der Waals surface area contributed by atoms with Crippen LogP contribution in [0.4, 0.5) is 0 Å². The van der Waals surface area contributed by atoms with Crippen molar-refractivity contribution in [3.63, 3.8) is 0 Å². The summed E-state index contributed by atoms with van der Waals surface area (Å²) in [7, 11) is 0. The molecule has 5 heteroatoms. The Hall–Kier alpha value is -1.65. The Morgan fingerprint density at radius 3 is 2.76 bits per heavy atom. The molecule has 0 unspecified atom stereocenters. The van der Waals surface area contributed by atoms with E-state index in [1.54, 1.807) is 17.6 Å². The third-order valence-electron chi connectivity index (χ3n) is 2.71. The third kappa shape index (κ3) is 1.97. The second kappa shape index (κ2) is 4.31. The second-order valence-corrected chi connectivity index (χ2v) is 4.24. The molecular formula is C12H11ClN2O2. The number of halogens is 1. The number of carbonyl (C=O) groups excluding carboxylic acids is 1. The van der Waals surface area contributed by atoms with Gasteiger partial charge in [0.1, 0.15) is 5.69 Å². The molecule has 1 aromatic carbocycles. The number of aromatic nitrogens is 1. The highest BCUT2D eigenvalue weighted by Gasteiger charge is 2.11. The minimum Gasteiger partial charge on any atom is -0.288 e. The van der Waals surface area contributed by atoms with Crippen LogP contribution in [0.2, 0.25) is 5.02 Å². The van der Waals surface area contributed by atoms with Crippen LogP contribution in [0.25, 0.3) is 10.9 Å². The van der Waals surface area contributed by atoms with Gasteiger partial charge in [0.05, 0.1) is 5.52 Å². The van der Waals surface area contributed by atoms with E-state index in [0.717, 1.165) is 16.5 Å². The van der Waals surface area contributed by atoms with E-state index in [4.69, 9.17) is 16.8 Å². The van der Waals surface area contributed by atoms with Crippen LogP contribution >= 0.6 is 11.6 Å². The van der Waals surface area contributed by atoms with E-state index in [1.165, 1.54) is 0 Å². The number of hydrogen-bond acceptors (Lipinski definition) is 3. The highest BCUT2D eigenvalue weighted by Crippen LogP contribution is 2.26. The smallest absolute Gasteiger partial charge is 0.288 e. The van der Waals surface area contributed by atoms with Crippen molar-refractivity contribution in [1.29, 1.82) is 0 Å². The Bertz CT molecular complexity index is 611. The number of benzene rings is 1. The van der Waals surface area contributed by atoms with Crippen LogP contribution in [0.1, 0.15) is 21.6 Å². The van der Waals surface area contributed by atoms with E-state index in [-0.39, 0.29) is 5.69 Å². The molecule has 88 valence electrons. The lowest BCUT2D eigenvalue weighted by Gasteiger charge is -2.08. The molecule has 0 saturated carbocycles. The number of nitrogens with zero attached hydrogens (tertiary/aromatic N) is 1. The molecule has 0 spiro atoms. The van der Waals surface area contributed by atoms with E-state index in [0.29, 0.717) is 10.5 Å². The van der Waals surface area contributed by atoms with Gasteiger partial charge in [0.2, 0.25) is 0 Å². The number of rotatable bonds is 1. The Balaban J connectivity index is 2.79. The Labute approximate surface area is 103 Å². The van der Waals surface area contributed by atoms with Gasteiger partial charge in [-0.05, 0) is 37.1 Å². The molecule has 1 aromatic heterocycles. The van der Waals surface area contributed by atoms with Gasteiger partial charge in [-0.25, -0.2) is 10.5 Å². The quantitative estimate of drug-likeness (QED) is 0.604. The molecule has 2 rings (SSSR count). The average Bonchev–Trinajstić information content (AvgIpc) is 2.33. The first-order valence-corrected chi connectivity index (χ1v) is 5.43. The fourth-order valence-electron chi connectivity index (χ4n) is 1.75. The Kier molecular flexibility index (Phi) is 3.00. The highest BCUT2D eigenvalue weighted by atomic mass is 35.5. The normalized spacial score (nSPS) is 10.6. The third-order valence-corrected chi connectivity index (χ3v) is 3.12. The molecule has 0 aliphatic heterocycles. The molecule has 0 atom stereocenters. The van der Waals surface area contributed by atoms with Crippen molar-refractivity contribution in [3.8, 4) is 0 Å². The number of aryl methyl sites for hydroxylation is 2. The number of carbonyl (C=O) groups is 1. The lowest BCUT2D eigenvalue weighted by molar-refractivity contribution is 0.0701. The SMILES string of the molecule is Cc1cc(C(=O)NO)nc2c(C)c(Cl)ccc12. The van der Waals surface area contributed by atoms with Crippen LogP contribution in [0.3, 0.4) is 0 Å². The van der Waals surface area contributed by atoms with Gasteiger partial charge in [-0.2, -0.15) is 0 Å². The summed E-state index contributed by atoms with van der Waals surface area (Å²) in [5, 5.41) is 10.2. The predicted octanol–water partition coefficient (Wildman–Crippen LogP) is 2.62. The maximum Gasteiger partial charge on any atom is 0.293 e. The number of hydroxylamine groups is 1. The summed E-state index contributed by atoms with van der Waals surface area (Å²) in [4.78, 5) is 15.6. The van der Waals surface area contributed by atoms with Crippen molar-refractivity contribution in [3.05, 3.63) is 40.0 Å². The van der Waals surface area contributed by atoms with Crippen LogP contribution in [-0.2, 0) is 0 Å². The predicted molar refractivity (Wildman–Crippen MR) is 65.5 cm³/mol. The first kappa shape index (κ1) is 11.8. The molecule has 0 radical (unpaired) electrons. The van der Waals surface area contributed by atoms with Crippen LogP contribution in [0, 0.1) is 13.8 Å². The van der Waals surface area contributed by atoms with Gasteiger partial charge in [-0.1, -0.05) is 17.7 Å². The molecule has 0 saturated heterocycles. The van der Waals surface area contributed by atoms with Crippen LogP contribution < -0.4 is 5.48 Å². The summed E-state index contributed by atoms with van der Waals surface area (Å²) in [6, 6.07) is 5.30. The molecule has 0 bridgehead atoms. The maximum atomic E-state index is 11.3. The standard InChI is InChI=1S/C12H11ClN2O2/c1-6-5-10(12(16)15-17)14-11-7(2)9(13)4-3-8(6)11/h3-5,17H,1-2H3,(H,15,16). The molecule has 2 N–H and O–H groups in total. The maximum absolute atomic E-state index is 11.3. The lowest BCUT2D eigenvalue weighted by atomic mass is 10.1. The zero-order chi connectivity index (χ0) is 12.6. The fraction of sp³-hybridized carbons (Fsp3) is 0.167. The molecular weight excluding hydrogens is 240 g/mol. The Morgan fingerprint density at radius 1 is 1.41 bits per heavy atom. The van der Waals surface area contributed by atoms with E-state index < -0.39 is 5.91 Å². The zero-order valence-corrected chi connectivity index (χ0v) is 10.2. The average molecular weight is 251 g/mol. The van der Waals surface area contributed by atoms with E-state index in [2.05, 4.69) is 4.98 Å². The van der Waals surface area contributed by atoms with Gasteiger partial charge in [-0.15, -0.1) is 0 Å². The summed E-state index contributed by atoms with van der Waals surface area (Å²) in [5.74, 6) is -0.630. The summed E-state index contributed by atoms with van der Waals surface area (Å²) in [6.07, 6.45) is 0. The second-order valence-electron chi connectivity index (χ2n) is 3.83. The highest BCUT2D eigenvalue weighted by molar-refractivity contribution is 6.32. The number of hydrogen-bond donors (Lipinski definition) is 2. The van der Waals surface area contributed by atoms with Gasteiger partial charge in [0.25, 0.3) is 5.91 Å². The number of amides is 1. The Morgan fingerprint density at radius 2 is 2.12 bits per heavy atom. The van der Waals surface area contributed by atoms with E-state index in [9.17, 15) is 4.79 Å². The molecule has 2 aromatic rings. The van der Waals surface area contributed by atoms with Crippen molar-refractivity contribution in [2.75, 3.05) is 0 Å². The summed E-state index contributed by atoms with van der Waals surface area (Å²) < 4.78 is 0. The van der Waals surface area contributed by atoms with Crippen molar-refractivity contribution in [2.45, 2.75) is 13.8 Å². The van der Waals surface area contributed by atoms with Crippen molar-refractivity contribution in [1.82, 2.24) is 10.5 Å². The van der Waals surface area contributed by atoms with Gasteiger partial charge >= 0.3 is 0 Å². The monoisotopic (exact) mass is 250 g/mol. The first-order chi connectivity index (χ1) is 8.04. The summed E-state index contributed by atoms with van der Waals surface area (Å²) in [5.41, 5.74) is 4.15. The number of nitrogens with one attached hydrogen (secondary N) is 1. The minimum absolute atomic E-state index is 0.169. The molecule has 4 nitrogen and oxygen atoms in total. The number of pyridine rings is 1. The molecule has 0 aliphatic rings. The minimum atomic E-state index is -0.630. The van der Waals surface area contributed by atoms with Crippen molar-refractivity contribution < 1.29 is 10.0 Å². The summed E-state index contributed by atoms with van der Waals surface area (Å²) >= 11 is 6.02.